The third-order valence-corrected chi connectivity index (χ3v) is 2.34. The van der Waals surface area contributed by atoms with Gasteiger partial charge in [-0.05, 0) is 26.0 Å². The Kier molecular flexibility index (Phi) is 3.54. The summed E-state index contributed by atoms with van der Waals surface area (Å²) >= 11 is 0. The van der Waals surface area contributed by atoms with Crippen molar-refractivity contribution in [2.45, 2.75) is 25.1 Å². The molecule has 0 spiro atoms. The molecule has 3 nitrogen and oxygen atoms in total. The summed E-state index contributed by atoms with van der Waals surface area (Å²) in [4.78, 5) is 3.61. The molecule has 0 aliphatic carbocycles. The highest BCUT2D eigenvalue weighted by Gasteiger charge is 2.38. The van der Waals surface area contributed by atoms with Crippen LogP contribution >= 0.6 is 0 Å². The van der Waals surface area contributed by atoms with E-state index in [1.54, 1.807) is 0 Å². The van der Waals surface area contributed by atoms with Gasteiger partial charge in [0, 0.05) is 18.0 Å². The quantitative estimate of drug-likeness (QED) is 0.836. The maximum absolute atomic E-state index is 12.6. The Bertz CT molecular complexity index is 363. The average molecular weight is 234 g/mol. The number of hydrogen-bond donors (Lipinski definition) is 2. The van der Waals surface area contributed by atoms with Crippen molar-refractivity contribution in [2.24, 2.45) is 5.73 Å². The van der Waals surface area contributed by atoms with Gasteiger partial charge < -0.3 is 10.8 Å². The predicted molar refractivity (Wildman–Crippen MR) is 52.5 cm³/mol. The van der Waals surface area contributed by atoms with Gasteiger partial charge in [0.2, 0.25) is 0 Å². The zero-order chi connectivity index (χ0) is 12.4. The largest absolute Gasteiger partial charge is 0.416 e. The summed E-state index contributed by atoms with van der Waals surface area (Å²) in [7, 11) is 0. The zero-order valence-corrected chi connectivity index (χ0v) is 8.75. The Balaban J connectivity index is 3.23. The molecule has 0 saturated heterocycles. The molecule has 1 atom stereocenters. The molecule has 0 aliphatic heterocycles. The molecule has 0 fully saturated rings. The van der Waals surface area contributed by atoms with E-state index in [1.165, 1.54) is 6.92 Å². The van der Waals surface area contributed by atoms with Crippen LogP contribution in [0.2, 0.25) is 0 Å². The van der Waals surface area contributed by atoms with Crippen molar-refractivity contribution in [3.05, 3.63) is 29.6 Å². The molecule has 0 radical (unpaired) electrons. The Morgan fingerprint density at radius 2 is 2.00 bits per heavy atom. The highest BCUT2D eigenvalue weighted by atomic mass is 19.4. The van der Waals surface area contributed by atoms with Gasteiger partial charge in [-0.3, -0.25) is 4.98 Å². The molecule has 6 heteroatoms. The van der Waals surface area contributed by atoms with E-state index in [-0.39, 0.29) is 18.5 Å². The monoisotopic (exact) mass is 234 g/mol. The maximum atomic E-state index is 12.6. The first-order valence-corrected chi connectivity index (χ1v) is 4.73. The summed E-state index contributed by atoms with van der Waals surface area (Å²) in [5.41, 5.74) is 2.52. The molecule has 0 aromatic carbocycles. The molecular weight excluding hydrogens is 221 g/mol. The highest BCUT2D eigenvalue weighted by molar-refractivity contribution is 5.31. The summed E-state index contributed by atoms with van der Waals surface area (Å²) in [5.74, 6) is 0. The van der Waals surface area contributed by atoms with Crippen molar-refractivity contribution >= 4 is 0 Å². The van der Waals surface area contributed by atoms with Gasteiger partial charge in [0.1, 0.15) is 0 Å². The van der Waals surface area contributed by atoms with Gasteiger partial charge in [-0.2, -0.15) is 13.2 Å². The van der Waals surface area contributed by atoms with Gasteiger partial charge in [-0.25, -0.2) is 0 Å². The van der Waals surface area contributed by atoms with E-state index in [1.807, 2.05) is 0 Å². The molecule has 16 heavy (non-hydrogen) atoms. The van der Waals surface area contributed by atoms with Crippen molar-refractivity contribution in [3.63, 3.8) is 0 Å². The van der Waals surface area contributed by atoms with Crippen molar-refractivity contribution < 1.29 is 18.3 Å². The number of alkyl halides is 3. The van der Waals surface area contributed by atoms with Crippen molar-refractivity contribution in [2.75, 3.05) is 6.54 Å². The summed E-state index contributed by atoms with van der Waals surface area (Å²) in [6.07, 6.45) is -2.39. The number of rotatable bonds is 3. The van der Waals surface area contributed by atoms with Crippen LogP contribution in [-0.2, 0) is 11.8 Å². The molecule has 0 saturated carbocycles. The van der Waals surface area contributed by atoms with Gasteiger partial charge >= 0.3 is 6.18 Å². The minimum atomic E-state index is -4.50. The van der Waals surface area contributed by atoms with E-state index in [4.69, 9.17) is 5.73 Å². The number of halogens is 3. The smallest absolute Gasteiger partial charge is 0.385 e. The fourth-order valence-corrected chi connectivity index (χ4v) is 1.49. The Hall–Kier alpha value is -1.14. The van der Waals surface area contributed by atoms with Crippen LogP contribution in [0.25, 0.3) is 0 Å². The standard InChI is InChI=1S/C10H13F3N2O/c1-9(16,3-4-14)8-6-15-5-2-7(8)10(11,12)13/h2,5-6,16H,3-4,14H2,1H3. The molecule has 0 aliphatic rings. The van der Waals surface area contributed by atoms with E-state index in [0.717, 1.165) is 18.5 Å². The van der Waals surface area contributed by atoms with Gasteiger partial charge in [0.25, 0.3) is 0 Å². The molecule has 1 unspecified atom stereocenters. The first-order valence-electron chi connectivity index (χ1n) is 4.73. The summed E-state index contributed by atoms with van der Waals surface area (Å²) in [5, 5.41) is 9.91. The van der Waals surface area contributed by atoms with E-state index >= 15 is 0 Å². The number of aliphatic hydroxyl groups is 1. The molecule has 90 valence electrons. The van der Waals surface area contributed by atoms with Crippen molar-refractivity contribution in [3.8, 4) is 0 Å². The first-order chi connectivity index (χ1) is 7.29. The van der Waals surface area contributed by atoms with Gasteiger partial charge in [-0.1, -0.05) is 0 Å². The molecule has 0 bridgehead atoms. The van der Waals surface area contributed by atoms with Gasteiger partial charge in [0.15, 0.2) is 0 Å². The van der Waals surface area contributed by atoms with Gasteiger partial charge in [-0.15, -0.1) is 0 Å². The van der Waals surface area contributed by atoms with Crippen LogP contribution in [0.4, 0.5) is 13.2 Å². The van der Waals surface area contributed by atoms with Crippen LogP contribution in [0.15, 0.2) is 18.5 Å². The lowest BCUT2D eigenvalue weighted by atomic mass is 9.90. The second-order valence-corrected chi connectivity index (χ2v) is 3.73. The molecule has 1 aromatic heterocycles. The van der Waals surface area contributed by atoms with E-state index < -0.39 is 17.3 Å². The number of nitrogens with zero attached hydrogens (tertiary/aromatic N) is 1. The number of pyridine rings is 1. The van der Waals surface area contributed by atoms with Crippen LogP contribution in [0.3, 0.4) is 0 Å². The van der Waals surface area contributed by atoms with Crippen LogP contribution in [0, 0.1) is 0 Å². The molecule has 3 N–H and O–H groups in total. The third-order valence-electron chi connectivity index (χ3n) is 2.34. The number of nitrogens with two attached hydrogens (primary N) is 1. The highest BCUT2D eigenvalue weighted by Crippen LogP contribution is 2.37. The lowest BCUT2D eigenvalue weighted by Crippen LogP contribution is -2.28. The average Bonchev–Trinajstić information content (AvgIpc) is 2.16. The lowest BCUT2D eigenvalue weighted by molar-refractivity contribution is -0.140. The normalized spacial score (nSPS) is 15.9. The fraction of sp³-hybridized carbons (Fsp3) is 0.500. The number of hydrogen-bond acceptors (Lipinski definition) is 3. The first kappa shape index (κ1) is 12.9. The summed E-state index contributed by atoms with van der Waals surface area (Å²) < 4.78 is 37.9. The molecule has 1 rings (SSSR count). The molecule has 1 heterocycles. The predicted octanol–water partition coefficient (Wildman–Crippen LogP) is 1.66. The Morgan fingerprint density at radius 3 is 2.50 bits per heavy atom. The fourth-order valence-electron chi connectivity index (χ4n) is 1.49. The van der Waals surface area contributed by atoms with E-state index in [2.05, 4.69) is 4.98 Å². The maximum Gasteiger partial charge on any atom is 0.416 e. The van der Waals surface area contributed by atoms with Gasteiger partial charge in [0.05, 0.1) is 11.2 Å². The lowest BCUT2D eigenvalue weighted by Gasteiger charge is -2.26. The Labute approximate surface area is 91.1 Å². The zero-order valence-electron chi connectivity index (χ0n) is 8.75. The SMILES string of the molecule is CC(O)(CCN)c1cnccc1C(F)(F)F. The molecule has 1 aromatic rings. The second-order valence-electron chi connectivity index (χ2n) is 3.73. The second kappa shape index (κ2) is 4.39. The van der Waals surface area contributed by atoms with Crippen molar-refractivity contribution in [1.82, 2.24) is 4.98 Å². The topological polar surface area (TPSA) is 59.1 Å². The van der Waals surface area contributed by atoms with Crippen LogP contribution in [0.5, 0.6) is 0 Å². The summed E-state index contributed by atoms with van der Waals surface area (Å²) in [6.45, 7) is 1.39. The van der Waals surface area contributed by atoms with Crippen LogP contribution in [0.1, 0.15) is 24.5 Å². The Morgan fingerprint density at radius 1 is 1.38 bits per heavy atom. The minimum Gasteiger partial charge on any atom is -0.385 e. The van der Waals surface area contributed by atoms with Crippen LogP contribution in [-0.4, -0.2) is 16.6 Å². The van der Waals surface area contributed by atoms with E-state index in [0.29, 0.717) is 0 Å². The van der Waals surface area contributed by atoms with Crippen LogP contribution < -0.4 is 5.73 Å². The minimum absolute atomic E-state index is 0.0434. The third kappa shape index (κ3) is 2.70. The number of aromatic nitrogens is 1. The van der Waals surface area contributed by atoms with Crippen molar-refractivity contribution in [1.29, 1.82) is 0 Å². The van der Waals surface area contributed by atoms with E-state index in [9.17, 15) is 18.3 Å². The summed E-state index contributed by atoms with van der Waals surface area (Å²) in [6, 6.07) is 0.848. The molecular formula is C10H13F3N2O. The molecule has 0 amide bonds.